The number of methoxy groups -OCH3 is 1. The largest absolute Gasteiger partial charge is 0.476 e. The van der Waals surface area contributed by atoms with Crippen LogP contribution in [0.2, 0.25) is 0 Å². The molecule has 9 heteroatoms. The van der Waals surface area contributed by atoms with Gasteiger partial charge in [-0.25, -0.2) is 13.5 Å². The fraction of sp³-hybridized carbons (Fsp3) is 0.423. The van der Waals surface area contributed by atoms with Crippen LogP contribution in [0.1, 0.15) is 29.9 Å². The molecule has 1 atom stereocenters. The van der Waals surface area contributed by atoms with Crippen molar-refractivity contribution in [2.45, 2.75) is 25.7 Å². The Kier molecular flexibility index (Phi) is 10.0. The zero-order valence-electron chi connectivity index (χ0n) is 20.3. The molecule has 3 N–H and O–H groups in total. The van der Waals surface area contributed by atoms with Crippen molar-refractivity contribution in [1.82, 2.24) is 14.7 Å². The number of hydrogen-bond acceptors (Lipinski definition) is 6. The molecular weight excluding hydrogens is 454 g/mol. The Bertz CT molecular complexity index is 1040. The molecule has 190 valence electrons. The number of aromatic nitrogens is 2. The number of nitrogen functional groups attached to an aromatic ring is 1. The van der Waals surface area contributed by atoms with E-state index in [0.717, 1.165) is 48.9 Å². The van der Waals surface area contributed by atoms with E-state index >= 15 is 0 Å². The van der Waals surface area contributed by atoms with Crippen LogP contribution in [0.15, 0.2) is 48.5 Å². The summed E-state index contributed by atoms with van der Waals surface area (Å²) in [4.78, 5) is 2.26. The summed E-state index contributed by atoms with van der Waals surface area (Å²) >= 11 is 0. The third-order valence-electron chi connectivity index (χ3n) is 5.91. The van der Waals surface area contributed by atoms with Gasteiger partial charge < -0.3 is 25.2 Å². The van der Waals surface area contributed by atoms with Gasteiger partial charge in [0.05, 0.1) is 24.5 Å². The average molecular weight is 489 g/mol. The normalized spacial score (nSPS) is 15.6. The molecular formula is C26H34F2N4O3. The summed E-state index contributed by atoms with van der Waals surface area (Å²) in [5, 5.41) is 13.1. The number of anilines is 1. The highest BCUT2D eigenvalue weighted by atomic mass is 19.1. The molecule has 3 aromatic rings. The van der Waals surface area contributed by atoms with Crippen molar-refractivity contribution in [3.8, 4) is 11.6 Å². The molecule has 2 aromatic carbocycles. The lowest BCUT2D eigenvalue weighted by atomic mass is 9.98. The Balaban J connectivity index is 0.000000196. The zero-order valence-corrected chi connectivity index (χ0v) is 20.3. The van der Waals surface area contributed by atoms with Crippen LogP contribution in [0, 0.1) is 18.6 Å². The predicted octanol–water partition coefficient (Wildman–Crippen LogP) is 3.92. The van der Waals surface area contributed by atoms with Crippen LogP contribution in [0.3, 0.4) is 0 Å². The third kappa shape index (κ3) is 7.48. The van der Waals surface area contributed by atoms with E-state index in [0.29, 0.717) is 31.3 Å². The van der Waals surface area contributed by atoms with Gasteiger partial charge in [-0.2, -0.15) is 0 Å². The first-order valence-electron chi connectivity index (χ1n) is 11.7. The Hall–Kier alpha value is -3.01. The molecule has 0 radical (unpaired) electrons. The molecule has 7 nitrogen and oxygen atoms in total. The van der Waals surface area contributed by atoms with E-state index in [2.05, 4.69) is 10.00 Å². The van der Waals surface area contributed by atoms with Crippen LogP contribution < -0.4 is 10.5 Å². The van der Waals surface area contributed by atoms with Crippen molar-refractivity contribution in [1.29, 1.82) is 0 Å². The van der Waals surface area contributed by atoms with Gasteiger partial charge in [-0.15, -0.1) is 5.10 Å². The molecule has 1 unspecified atom stereocenters. The van der Waals surface area contributed by atoms with Crippen molar-refractivity contribution < 1.29 is 23.4 Å². The molecule has 0 saturated carbocycles. The summed E-state index contributed by atoms with van der Waals surface area (Å²) in [6, 6.07) is 13.5. The predicted molar refractivity (Wildman–Crippen MR) is 132 cm³/mol. The molecule has 1 aliphatic heterocycles. The molecule has 1 saturated heterocycles. The van der Waals surface area contributed by atoms with Gasteiger partial charge in [0.2, 0.25) is 5.88 Å². The van der Waals surface area contributed by atoms with E-state index in [9.17, 15) is 8.78 Å². The summed E-state index contributed by atoms with van der Waals surface area (Å²) < 4.78 is 38.4. The number of nitrogens with two attached hydrogens (primary N) is 1. The summed E-state index contributed by atoms with van der Waals surface area (Å²) in [5.41, 5.74) is 8.49. The molecule has 4 rings (SSSR count). The molecule has 1 aliphatic rings. The number of rotatable bonds is 9. The number of likely N-dealkylation sites (tertiary alicyclic amines) is 1. The van der Waals surface area contributed by atoms with Crippen molar-refractivity contribution in [3.63, 3.8) is 0 Å². The van der Waals surface area contributed by atoms with Crippen LogP contribution in [0.25, 0.3) is 5.69 Å². The van der Waals surface area contributed by atoms with Gasteiger partial charge in [0.25, 0.3) is 0 Å². The van der Waals surface area contributed by atoms with Crippen LogP contribution in [-0.4, -0.2) is 66.4 Å². The van der Waals surface area contributed by atoms with Gasteiger partial charge >= 0.3 is 0 Å². The van der Waals surface area contributed by atoms with Gasteiger partial charge in [-0.3, -0.25) is 0 Å². The number of aliphatic hydroxyl groups excluding tert-OH is 1. The first-order chi connectivity index (χ1) is 16.9. The van der Waals surface area contributed by atoms with E-state index < -0.39 is 11.6 Å². The lowest BCUT2D eigenvalue weighted by Crippen LogP contribution is -2.24. The summed E-state index contributed by atoms with van der Waals surface area (Å²) in [5.74, 6) is 0.341. The van der Waals surface area contributed by atoms with E-state index in [1.165, 1.54) is 12.1 Å². The lowest BCUT2D eigenvalue weighted by Gasteiger charge is -2.15. The smallest absolute Gasteiger partial charge is 0.238 e. The SMILES string of the molecule is COCCN1CCC(c2cc(F)cc(F)c2)C1.Cc1c(OCCCO)nn(-c2ccccc2)c1N. The first-order valence-corrected chi connectivity index (χ1v) is 11.7. The van der Waals surface area contributed by atoms with Crippen LogP contribution in [0.4, 0.5) is 14.6 Å². The van der Waals surface area contributed by atoms with Crippen LogP contribution in [0.5, 0.6) is 5.88 Å². The summed E-state index contributed by atoms with van der Waals surface area (Å²) in [6.07, 6.45) is 1.53. The Morgan fingerprint density at radius 2 is 1.83 bits per heavy atom. The Morgan fingerprint density at radius 3 is 2.49 bits per heavy atom. The minimum Gasteiger partial charge on any atom is -0.476 e. The third-order valence-corrected chi connectivity index (χ3v) is 5.91. The minimum absolute atomic E-state index is 0.105. The maximum absolute atomic E-state index is 13.1. The number of halogens is 2. The van der Waals surface area contributed by atoms with Crippen molar-refractivity contribution in [2.75, 3.05) is 52.3 Å². The quantitative estimate of drug-likeness (QED) is 0.444. The lowest BCUT2D eigenvalue weighted by molar-refractivity contribution is 0.160. The van der Waals surface area contributed by atoms with Gasteiger partial charge in [-0.05, 0) is 55.6 Å². The number of aliphatic hydroxyl groups is 1. The number of benzene rings is 2. The summed E-state index contributed by atoms with van der Waals surface area (Å²) in [7, 11) is 1.68. The molecule has 0 spiro atoms. The number of ether oxygens (including phenoxy) is 2. The summed E-state index contributed by atoms with van der Waals surface area (Å²) in [6.45, 7) is 5.81. The second-order valence-corrected chi connectivity index (χ2v) is 8.47. The fourth-order valence-electron chi connectivity index (χ4n) is 3.96. The van der Waals surface area contributed by atoms with Gasteiger partial charge in [0, 0.05) is 39.3 Å². The molecule has 1 aromatic heterocycles. The molecule has 0 aliphatic carbocycles. The maximum Gasteiger partial charge on any atom is 0.238 e. The van der Waals surface area contributed by atoms with Crippen molar-refractivity contribution >= 4 is 5.82 Å². The highest BCUT2D eigenvalue weighted by Crippen LogP contribution is 2.28. The minimum atomic E-state index is -0.490. The molecule has 2 heterocycles. The molecule has 1 fully saturated rings. The van der Waals surface area contributed by atoms with Crippen molar-refractivity contribution in [3.05, 3.63) is 71.3 Å². The van der Waals surface area contributed by atoms with E-state index in [1.54, 1.807) is 11.8 Å². The van der Waals surface area contributed by atoms with Crippen molar-refractivity contribution in [2.24, 2.45) is 0 Å². The van der Waals surface area contributed by atoms with Crippen LogP contribution in [-0.2, 0) is 4.74 Å². The molecule has 35 heavy (non-hydrogen) atoms. The van der Waals surface area contributed by atoms with Crippen LogP contribution >= 0.6 is 0 Å². The fourth-order valence-corrected chi connectivity index (χ4v) is 3.96. The maximum atomic E-state index is 13.1. The average Bonchev–Trinajstić information content (AvgIpc) is 3.44. The Morgan fingerprint density at radius 1 is 1.11 bits per heavy atom. The van der Waals surface area contributed by atoms with Gasteiger partial charge in [0.1, 0.15) is 17.5 Å². The highest BCUT2D eigenvalue weighted by Gasteiger charge is 2.24. The highest BCUT2D eigenvalue weighted by molar-refractivity contribution is 5.51. The molecule has 0 amide bonds. The van der Waals surface area contributed by atoms with E-state index in [-0.39, 0.29) is 12.5 Å². The number of para-hydroxylation sites is 1. The topological polar surface area (TPSA) is 85.8 Å². The monoisotopic (exact) mass is 488 g/mol. The van der Waals surface area contributed by atoms with E-state index in [4.69, 9.17) is 20.3 Å². The van der Waals surface area contributed by atoms with Gasteiger partial charge in [-0.1, -0.05) is 18.2 Å². The Labute approximate surface area is 205 Å². The number of hydrogen-bond donors (Lipinski definition) is 2. The second-order valence-electron chi connectivity index (χ2n) is 8.47. The van der Waals surface area contributed by atoms with Gasteiger partial charge in [0.15, 0.2) is 0 Å². The first kappa shape index (κ1) is 26.6. The second kappa shape index (κ2) is 13.2. The zero-order chi connectivity index (χ0) is 25.2. The standard InChI is InChI=1S/C13H17F2NO.C13H17N3O2/c1-17-5-4-16-3-2-10(9-16)11-6-12(14)8-13(15)7-11;1-10-12(14)16(11-6-3-2-4-7-11)15-13(10)18-9-5-8-17/h6-8,10H,2-5,9H2,1H3;2-4,6-7,17H,5,8-9,14H2,1H3. The van der Waals surface area contributed by atoms with E-state index in [1.807, 2.05) is 37.3 Å². The molecule has 0 bridgehead atoms. The number of nitrogens with zero attached hydrogens (tertiary/aromatic N) is 3.